The Balaban J connectivity index is 1.15. The molecule has 0 unspecified atom stereocenters. The smallest absolute Gasteiger partial charge is 0.0562 e. The van der Waals surface area contributed by atoms with Gasteiger partial charge in [0.25, 0.3) is 0 Å². The first kappa shape index (κ1) is 32.0. The van der Waals surface area contributed by atoms with E-state index in [1.54, 1.807) is 0 Å². The number of benzene rings is 10. The van der Waals surface area contributed by atoms with Crippen LogP contribution in [0.4, 0.5) is 17.1 Å². The monoisotopic (exact) mass is 712 g/mol. The first-order valence-electron chi connectivity index (χ1n) is 19.3. The fraction of sp³-hybridized carbons (Fsp3) is 0. The molecule has 0 atom stereocenters. The summed E-state index contributed by atoms with van der Waals surface area (Å²) in [4.78, 5) is 2.45. The van der Waals surface area contributed by atoms with Crippen LogP contribution in [-0.4, -0.2) is 4.57 Å². The molecule has 0 N–H and O–H groups in total. The van der Waals surface area contributed by atoms with Crippen molar-refractivity contribution in [3.05, 3.63) is 218 Å². The van der Waals surface area contributed by atoms with E-state index in [0.29, 0.717) is 0 Å². The van der Waals surface area contributed by atoms with Crippen LogP contribution in [0.15, 0.2) is 218 Å². The average molecular weight is 713 g/mol. The maximum Gasteiger partial charge on any atom is 0.0562 e. The van der Waals surface area contributed by atoms with Crippen molar-refractivity contribution >= 4 is 71.2 Å². The molecule has 0 radical (unpaired) electrons. The SMILES string of the molecule is c1ccc(-c2cccc3cccc(-c4ccc(N(c5ccc6ccc7ccccc7c6c5)c5cccc6c5c5ccccc5n6-c5ccccc5)cc4)c23)cc1. The van der Waals surface area contributed by atoms with E-state index in [-0.39, 0.29) is 0 Å². The molecule has 2 heteroatoms. The summed E-state index contributed by atoms with van der Waals surface area (Å²) in [5, 5.41) is 9.91. The number of nitrogens with zero attached hydrogens (tertiary/aromatic N) is 2. The van der Waals surface area contributed by atoms with E-state index >= 15 is 0 Å². The molecule has 0 aliphatic carbocycles. The largest absolute Gasteiger partial charge is 0.310 e. The standard InChI is InChI=1S/C54H36N2/c1-3-14-37(15-4-1)46-23-11-17-41-18-12-24-47(53(41)46)39-30-33-43(34-31-39)55(44-35-32-40-29-28-38-16-7-8-21-45(38)49(40)36-44)51-26-13-27-52-54(51)48-22-9-10-25-50(48)56(52)42-19-5-2-6-20-42/h1-36H. The van der Waals surface area contributed by atoms with E-state index < -0.39 is 0 Å². The second kappa shape index (κ2) is 13.2. The van der Waals surface area contributed by atoms with Gasteiger partial charge >= 0.3 is 0 Å². The van der Waals surface area contributed by atoms with Gasteiger partial charge in [-0.15, -0.1) is 0 Å². The molecule has 0 amide bonds. The van der Waals surface area contributed by atoms with Gasteiger partial charge in [-0.1, -0.05) is 164 Å². The Morgan fingerprint density at radius 2 is 0.875 bits per heavy atom. The summed E-state index contributed by atoms with van der Waals surface area (Å²) in [6, 6.07) is 79.5. The van der Waals surface area contributed by atoms with Crippen molar-refractivity contribution < 1.29 is 0 Å². The van der Waals surface area contributed by atoms with E-state index in [9.17, 15) is 0 Å². The highest BCUT2D eigenvalue weighted by molar-refractivity contribution is 6.17. The molecule has 0 saturated carbocycles. The van der Waals surface area contributed by atoms with Crippen molar-refractivity contribution in [1.82, 2.24) is 4.57 Å². The topological polar surface area (TPSA) is 8.17 Å². The summed E-state index contributed by atoms with van der Waals surface area (Å²) < 4.78 is 2.40. The second-order valence-corrected chi connectivity index (χ2v) is 14.5. The summed E-state index contributed by atoms with van der Waals surface area (Å²) in [6.07, 6.45) is 0. The summed E-state index contributed by atoms with van der Waals surface area (Å²) >= 11 is 0. The number of hydrogen-bond acceptors (Lipinski definition) is 1. The van der Waals surface area contributed by atoms with Gasteiger partial charge in [0.1, 0.15) is 0 Å². The number of anilines is 3. The van der Waals surface area contributed by atoms with Crippen LogP contribution in [0.5, 0.6) is 0 Å². The zero-order valence-corrected chi connectivity index (χ0v) is 30.7. The third-order valence-corrected chi connectivity index (χ3v) is 11.3. The van der Waals surface area contributed by atoms with Crippen LogP contribution in [0.1, 0.15) is 0 Å². The van der Waals surface area contributed by atoms with Gasteiger partial charge in [-0.2, -0.15) is 0 Å². The minimum absolute atomic E-state index is 1.10. The Bertz CT molecular complexity index is 3230. The summed E-state index contributed by atoms with van der Waals surface area (Å²) in [6.45, 7) is 0. The third kappa shape index (κ3) is 5.19. The lowest BCUT2D eigenvalue weighted by atomic mass is 9.91. The van der Waals surface area contributed by atoms with Gasteiger partial charge in [0.05, 0.1) is 16.7 Å². The highest BCUT2D eigenvalue weighted by Gasteiger charge is 2.22. The van der Waals surface area contributed by atoms with E-state index in [1.807, 2.05) is 0 Å². The van der Waals surface area contributed by atoms with E-state index in [4.69, 9.17) is 0 Å². The van der Waals surface area contributed by atoms with Gasteiger partial charge in [0, 0.05) is 27.8 Å². The Labute approximate surface area is 325 Å². The molecule has 1 aromatic heterocycles. The molecule has 1 heterocycles. The highest BCUT2D eigenvalue weighted by atomic mass is 15.1. The van der Waals surface area contributed by atoms with E-state index in [1.165, 1.54) is 76.4 Å². The van der Waals surface area contributed by atoms with Crippen molar-refractivity contribution in [3.8, 4) is 27.9 Å². The molecule has 0 spiro atoms. The van der Waals surface area contributed by atoms with Crippen LogP contribution in [-0.2, 0) is 0 Å². The van der Waals surface area contributed by atoms with Crippen molar-refractivity contribution in [2.75, 3.05) is 4.90 Å². The van der Waals surface area contributed by atoms with Crippen molar-refractivity contribution in [2.24, 2.45) is 0 Å². The molecule has 56 heavy (non-hydrogen) atoms. The normalized spacial score (nSPS) is 11.6. The third-order valence-electron chi connectivity index (χ3n) is 11.3. The Morgan fingerprint density at radius 3 is 1.64 bits per heavy atom. The quantitative estimate of drug-likeness (QED) is 0.156. The molecule has 0 bridgehead atoms. The zero-order chi connectivity index (χ0) is 37.0. The van der Waals surface area contributed by atoms with Crippen LogP contribution in [0.2, 0.25) is 0 Å². The summed E-state index contributed by atoms with van der Waals surface area (Å²) in [5.74, 6) is 0. The van der Waals surface area contributed by atoms with Gasteiger partial charge in [0.15, 0.2) is 0 Å². The predicted molar refractivity (Wildman–Crippen MR) is 239 cm³/mol. The fourth-order valence-corrected chi connectivity index (χ4v) is 8.83. The predicted octanol–water partition coefficient (Wildman–Crippen LogP) is 15.0. The lowest BCUT2D eigenvalue weighted by Crippen LogP contribution is -2.10. The van der Waals surface area contributed by atoms with Gasteiger partial charge in [-0.3, -0.25) is 0 Å². The van der Waals surface area contributed by atoms with Crippen LogP contribution < -0.4 is 4.90 Å². The molecular formula is C54H36N2. The molecule has 0 fully saturated rings. The Hall–Kier alpha value is -7.42. The first-order valence-corrected chi connectivity index (χ1v) is 19.3. The molecule has 2 nitrogen and oxygen atoms in total. The van der Waals surface area contributed by atoms with E-state index in [2.05, 4.69) is 228 Å². The number of aromatic nitrogens is 1. The molecular weight excluding hydrogens is 677 g/mol. The van der Waals surface area contributed by atoms with Gasteiger partial charge in [0.2, 0.25) is 0 Å². The molecule has 11 rings (SSSR count). The molecule has 10 aromatic carbocycles. The van der Waals surface area contributed by atoms with Gasteiger partial charge in [-0.05, 0) is 109 Å². The number of fused-ring (bicyclic) bond motifs is 7. The molecule has 11 aromatic rings. The molecule has 262 valence electrons. The maximum absolute atomic E-state index is 2.45. The van der Waals surface area contributed by atoms with Gasteiger partial charge < -0.3 is 9.47 Å². The van der Waals surface area contributed by atoms with Crippen molar-refractivity contribution in [1.29, 1.82) is 0 Å². The van der Waals surface area contributed by atoms with Crippen LogP contribution in [0.3, 0.4) is 0 Å². The van der Waals surface area contributed by atoms with Crippen LogP contribution in [0, 0.1) is 0 Å². The Kier molecular flexibility index (Phi) is 7.53. The zero-order valence-electron chi connectivity index (χ0n) is 30.7. The van der Waals surface area contributed by atoms with Crippen LogP contribution >= 0.6 is 0 Å². The number of para-hydroxylation sites is 2. The minimum Gasteiger partial charge on any atom is -0.310 e. The van der Waals surface area contributed by atoms with Crippen LogP contribution in [0.25, 0.3) is 82.1 Å². The highest BCUT2D eigenvalue weighted by Crippen LogP contribution is 2.45. The number of hydrogen-bond donors (Lipinski definition) is 0. The average Bonchev–Trinajstić information content (AvgIpc) is 3.62. The lowest BCUT2D eigenvalue weighted by molar-refractivity contribution is 1.18. The molecule has 0 aliphatic rings. The molecule has 0 saturated heterocycles. The van der Waals surface area contributed by atoms with Crippen molar-refractivity contribution in [2.45, 2.75) is 0 Å². The van der Waals surface area contributed by atoms with Gasteiger partial charge in [-0.25, -0.2) is 0 Å². The number of rotatable bonds is 6. The van der Waals surface area contributed by atoms with E-state index in [0.717, 1.165) is 22.7 Å². The summed E-state index contributed by atoms with van der Waals surface area (Å²) in [5.41, 5.74) is 11.7. The van der Waals surface area contributed by atoms with Crippen molar-refractivity contribution in [3.63, 3.8) is 0 Å². The summed E-state index contributed by atoms with van der Waals surface area (Å²) in [7, 11) is 0. The lowest BCUT2D eigenvalue weighted by Gasteiger charge is -2.27. The second-order valence-electron chi connectivity index (χ2n) is 14.5. The fourth-order valence-electron chi connectivity index (χ4n) is 8.83. The minimum atomic E-state index is 1.10. The Morgan fingerprint density at radius 1 is 0.321 bits per heavy atom. The first-order chi connectivity index (χ1) is 27.8. The maximum atomic E-state index is 2.45. The molecule has 0 aliphatic heterocycles.